The molecule has 1 amide bonds. The van der Waals surface area contributed by atoms with E-state index in [0.717, 1.165) is 5.76 Å². The molecule has 2 N–H and O–H groups in total. The molecule has 0 bridgehead atoms. The number of amides is 1. The molecule has 0 atom stereocenters. The zero-order chi connectivity index (χ0) is 13.7. The summed E-state index contributed by atoms with van der Waals surface area (Å²) in [6.07, 6.45) is 3.26. The van der Waals surface area contributed by atoms with Gasteiger partial charge in [-0.25, -0.2) is 4.98 Å². The first-order valence-electron chi connectivity index (χ1n) is 5.76. The smallest absolute Gasteiger partial charge is 0.233 e. The number of rotatable bonds is 5. The van der Waals surface area contributed by atoms with E-state index in [4.69, 9.17) is 10.2 Å². The highest BCUT2D eigenvalue weighted by Gasteiger charge is 2.12. The van der Waals surface area contributed by atoms with E-state index in [9.17, 15) is 4.79 Å². The highest BCUT2D eigenvalue weighted by Crippen LogP contribution is 2.21. The van der Waals surface area contributed by atoms with Gasteiger partial charge in [0.15, 0.2) is 0 Å². The maximum Gasteiger partial charge on any atom is 0.233 e. The summed E-state index contributed by atoms with van der Waals surface area (Å²) in [4.78, 5) is 17.7. The second-order valence-electron chi connectivity index (χ2n) is 4.02. The lowest BCUT2D eigenvalue weighted by Crippen LogP contribution is -2.27. The molecule has 2 aromatic rings. The minimum absolute atomic E-state index is 0.00598. The SMILES string of the molecule is CN(Cc1ccco1)C(=O)CSc1ncccc1N. The molecule has 0 aliphatic carbocycles. The summed E-state index contributed by atoms with van der Waals surface area (Å²) in [6, 6.07) is 7.18. The average Bonchev–Trinajstić information content (AvgIpc) is 2.90. The number of thioether (sulfide) groups is 1. The number of hydrogen-bond acceptors (Lipinski definition) is 5. The zero-order valence-corrected chi connectivity index (χ0v) is 11.4. The molecule has 19 heavy (non-hydrogen) atoms. The van der Waals surface area contributed by atoms with Crippen molar-refractivity contribution in [3.8, 4) is 0 Å². The summed E-state index contributed by atoms with van der Waals surface area (Å²) >= 11 is 1.34. The molecule has 0 fully saturated rings. The molecule has 0 saturated carbocycles. The van der Waals surface area contributed by atoms with Gasteiger partial charge >= 0.3 is 0 Å². The third-order valence-corrected chi connectivity index (χ3v) is 3.54. The van der Waals surface area contributed by atoms with Gasteiger partial charge < -0.3 is 15.1 Å². The lowest BCUT2D eigenvalue weighted by molar-refractivity contribution is -0.127. The Labute approximate surface area is 115 Å². The Balaban J connectivity index is 1.86. The first-order chi connectivity index (χ1) is 9.16. The van der Waals surface area contributed by atoms with Gasteiger partial charge in [0.2, 0.25) is 5.91 Å². The molecule has 0 spiro atoms. The van der Waals surface area contributed by atoms with E-state index >= 15 is 0 Å². The molecule has 2 heterocycles. The Bertz CT molecular complexity index is 543. The number of nitrogen functional groups attached to an aromatic ring is 1. The second kappa shape index (κ2) is 6.29. The maximum absolute atomic E-state index is 11.9. The quantitative estimate of drug-likeness (QED) is 0.846. The molecule has 2 aromatic heterocycles. The van der Waals surface area contributed by atoms with Crippen molar-refractivity contribution in [1.82, 2.24) is 9.88 Å². The number of carbonyl (C=O) groups is 1. The van der Waals surface area contributed by atoms with Gasteiger partial charge in [-0.15, -0.1) is 0 Å². The molecule has 0 aliphatic heterocycles. The molecule has 0 saturated heterocycles. The maximum atomic E-state index is 11.9. The lowest BCUT2D eigenvalue weighted by Gasteiger charge is -2.15. The van der Waals surface area contributed by atoms with E-state index in [1.807, 2.05) is 6.07 Å². The van der Waals surface area contributed by atoms with Crippen molar-refractivity contribution >= 4 is 23.4 Å². The highest BCUT2D eigenvalue weighted by molar-refractivity contribution is 8.00. The van der Waals surface area contributed by atoms with Crippen LogP contribution in [0.5, 0.6) is 0 Å². The van der Waals surface area contributed by atoms with Gasteiger partial charge in [0, 0.05) is 13.2 Å². The fourth-order valence-electron chi connectivity index (χ4n) is 1.49. The van der Waals surface area contributed by atoms with Crippen molar-refractivity contribution in [2.24, 2.45) is 0 Å². The molecule has 6 heteroatoms. The fraction of sp³-hybridized carbons (Fsp3) is 0.231. The third-order valence-electron chi connectivity index (χ3n) is 2.53. The van der Waals surface area contributed by atoms with Crippen molar-refractivity contribution in [2.75, 3.05) is 18.5 Å². The Morgan fingerprint density at radius 2 is 2.32 bits per heavy atom. The van der Waals surface area contributed by atoms with Crippen LogP contribution in [0.4, 0.5) is 5.69 Å². The van der Waals surface area contributed by atoms with Gasteiger partial charge in [-0.2, -0.15) is 0 Å². The molecular formula is C13H15N3O2S. The van der Waals surface area contributed by atoms with E-state index in [0.29, 0.717) is 23.0 Å². The molecule has 5 nitrogen and oxygen atoms in total. The topological polar surface area (TPSA) is 72.4 Å². The predicted octanol–water partition coefficient (Wildman–Crippen LogP) is 2.01. The van der Waals surface area contributed by atoms with E-state index in [-0.39, 0.29) is 5.91 Å². The van der Waals surface area contributed by atoms with Crippen LogP contribution >= 0.6 is 11.8 Å². The number of furan rings is 1. The Morgan fingerprint density at radius 3 is 3.00 bits per heavy atom. The number of carbonyl (C=O) groups excluding carboxylic acids is 1. The van der Waals surface area contributed by atoms with Crippen LogP contribution in [0.3, 0.4) is 0 Å². The van der Waals surface area contributed by atoms with Crippen LogP contribution in [-0.4, -0.2) is 28.6 Å². The largest absolute Gasteiger partial charge is 0.467 e. The van der Waals surface area contributed by atoms with Crippen LogP contribution in [0.25, 0.3) is 0 Å². The number of nitrogens with two attached hydrogens (primary N) is 1. The van der Waals surface area contributed by atoms with E-state index < -0.39 is 0 Å². The molecule has 0 unspecified atom stereocenters. The lowest BCUT2D eigenvalue weighted by atomic mass is 10.4. The van der Waals surface area contributed by atoms with Crippen LogP contribution in [0.2, 0.25) is 0 Å². The summed E-state index contributed by atoms with van der Waals surface area (Å²) in [5, 5.41) is 0.683. The predicted molar refractivity (Wildman–Crippen MR) is 74.6 cm³/mol. The summed E-state index contributed by atoms with van der Waals surface area (Å²) < 4.78 is 5.20. The Kier molecular flexibility index (Phi) is 4.46. The average molecular weight is 277 g/mol. The first kappa shape index (κ1) is 13.5. The van der Waals surface area contributed by atoms with Gasteiger partial charge in [0.05, 0.1) is 24.2 Å². The number of hydrogen-bond donors (Lipinski definition) is 1. The number of aromatic nitrogens is 1. The Morgan fingerprint density at radius 1 is 1.47 bits per heavy atom. The normalized spacial score (nSPS) is 10.4. The summed E-state index contributed by atoms with van der Waals surface area (Å²) in [5.41, 5.74) is 6.36. The molecule has 2 rings (SSSR count). The summed E-state index contributed by atoms with van der Waals surface area (Å²) in [7, 11) is 1.74. The van der Waals surface area contributed by atoms with Gasteiger partial charge in [-0.05, 0) is 24.3 Å². The monoisotopic (exact) mass is 277 g/mol. The number of anilines is 1. The minimum Gasteiger partial charge on any atom is -0.467 e. The third kappa shape index (κ3) is 3.75. The standard InChI is InChI=1S/C13H15N3O2S/c1-16(8-10-4-3-7-18-10)12(17)9-19-13-11(14)5-2-6-15-13/h2-7H,8-9,14H2,1H3. The molecule has 100 valence electrons. The van der Waals surface area contributed by atoms with E-state index in [1.165, 1.54) is 11.8 Å². The van der Waals surface area contributed by atoms with E-state index in [1.54, 1.807) is 42.6 Å². The Hall–Kier alpha value is -1.95. The molecule has 0 aliphatic rings. The van der Waals surface area contributed by atoms with Gasteiger partial charge in [0.25, 0.3) is 0 Å². The van der Waals surface area contributed by atoms with Crippen molar-refractivity contribution in [2.45, 2.75) is 11.6 Å². The van der Waals surface area contributed by atoms with Crippen molar-refractivity contribution < 1.29 is 9.21 Å². The highest BCUT2D eigenvalue weighted by atomic mass is 32.2. The van der Waals surface area contributed by atoms with Gasteiger partial charge in [-0.3, -0.25) is 4.79 Å². The van der Waals surface area contributed by atoms with Crippen LogP contribution < -0.4 is 5.73 Å². The van der Waals surface area contributed by atoms with Crippen molar-refractivity contribution in [3.63, 3.8) is 0 Å². The van der Waals surface area contributed by atoms with Crippen molar-refractivity contribution in [1.29, 1.82) is 0 Å². The first-order valence-corrected chi connectivity index (χ1v) is 6.75. The van der Waals surface area contributed by atoms with Crippen LogP contribution in [0.1, 0.15) is 5.76 Å². The molecule has 0 aromatic carbocycles. The van der Waals surface area contributed by atoms with Gasteiger partial charge in [-0.1, -0.05) is 11.8 Å². The van der Waals surface area contributed by atoms with Crippen molar-refractivity contribution in [3.05, 3.63) is 42.5 Å². The zero-order valence-electron chi connectivity index (χ0n) is 10.6. The summed E-state index contributed by atoms with van der Waals surface area (Å²) in [5.74, 6) is 1.07. The summed E-state index contributed by atoms with van der Waals surface area (Å²) in [6.45, 7) is 0.462. The van der Waals surface area contributed by atoms with Crippen LogP contribution in [0, 0.1) is 0 Å². The minimum atomic E-state index is 0.00598. The van der Waals surface area contributed by atoms with Gasteiger partial charge in [0.1, 0.15) is 10.8 Å². The molecular weight excluding hydrogens is 262 g/mol. The fourth-order valence-corrected chi connectivity index (χ4v) is 2.34. The second-order valence-corrected chi connectivity index (χ2v) is 4.98. The van der Waals surface area contributed by atoms with Crippen LogP contribution in [-0.2, 0) is 11.3 Å². The number of pyridine rings is 1. The van der Waals surface area contributed by atoms with Crippen LogP contribution in [0.15, 0.2) is 46.2 Å². The number of nitrogens with zero attached hydrogens (tertiary/aromatic N) is 2. The van der Waals surface area contributed by atoms with E-state index in [2.05, 4.69) is 4.98 Å². The molecule has 0 radical (unpaired) electrons.